The topological polar surface area (TPSA) is 106 Å². The van der Waals surface area contributed by atoms with E-state index in [1.54, 1.807) is 24.3 Å². The molecule has 2 fully saturated rings. The summed E-state index contributed by atoms with van der Waals surface area (Å²) in [6.45, 7) is 6.31. The van der Waals surface area contributed by atoms with Crippen molar-refractivity contribution in [2.75, 3.05) is 51.1 Å². The van der Waals surface area contributed by atoms with Gasteiger partial charge in [-0.25, -0.2) is 0 Å². The van der Waals surface area contributed by atoms with E-state index in [1.165, 1.54) is 8.61 Å². The molecule has 2 aliphatic rings. The van der Waals surface area contributed by atoms with E-state index in [2.05, 4.69) is 5.32 Å². The van der Waals surface area contributed by atoms with Crippen molar-refractivity contribution < 1.29 is 17.9 Å². The standard InChI is InChI=1S/C19H27N5O4S/c1-15-12-24(13-16(2)28-15)29(26,27)23-8-6-22(7-9-23)14-19(25)21-18-5-3-4-17(10-18)11-20/h3-5,10,15-16H,6-9,12-14H2,1-2H3,(H,21,25). The maximum absolute atomic E-state index is 12.9. The van der Waals surface area contributed by atoms with Crippen LogP contribution in [0.25, 0.3) is 0 Å². The van der Waals surface area contributed by atoms with Crippen LogP contribution in [0.1, 0.15) is 19.4 Å². The molecule has 1 aromatic rings. The summed E-state index contributed by atoms with van der Waals surface area (Å²) in [7, 11) is -3.53. The van der Waals surface area contributed by atoms with Gasteiger partial charge >= 0.3 is 0 Å². The quantitative estimate of drug-likeness (QED) is 0.741. The van der Waals surface area contributed by atoms with Crippen molar-refractivity contribution in [3.05, 3.63) is 29.8 Å². The molecule has 0 spiro atoms. The molecule has 2 atom stereocenters. The molecule has 2 heterocycles. The summed E-state index contributed by atoms with van der Waals surface area (Å²) in [6.07, 6.45) is -0.254. The predicted molar refractivity (Wildman–Crippen MR) is 108 cm³/mol. The number of anilines is 1. The lowest BCUT2D eigenvalue weighted by Crippen LogP contribution is -2.57. The molecular weight excluding hydrogens is 394 g/mol. The van der Waals surface area contributed by atoms with Crippen LogP contribution in [0.5, 0.6) is 0 Å². The highest BCUT2D eigenvalue weighted by Crippen LogP contribution is 2.19. The summed E-state index contributed by atoms with van der Waals surface area (Å²) in [6, 6.07) is 8.77. The van der Waals surface area contributed by atoms with Crippen LogP contribution >= 0.6 is 0 Å². The fraction of sp³-hybridized carbons (Fsp3) is 0.579. The van der Waals surface area contributed by atoms with Gasteiger partial charge in [-0.15, -0.1) is 0 Å². The minimum Gasteiger partial charge on any atom is -0.373 e. The first-order chi connectivity index (χ1) is 13.8. The zero-order valence-electron chi connectivity index (χ0n) is 16.7. The summed E-state index contributed by atoms with van der Waals surface area (Å²) in [5, 5.41) is 11.7. The van der Waals surface area contributed by atoms with Gasteiger partial charge in [0, 0.05) is 45.0 Å². The number of amides is 1. The number of rotatable bonds is 5. The van der Waals surface area contributed by atoms with E-state index in [4.69, 9.17) is 10.00 Å². The van der Waals surface area contributed by atoms with Gasteiger partial charge in [0.05, 0.1) is 30.4 Å². The summed E-state index contributed by atoms with van der Waals surface area (Å²) in [5.74, 6) is -0.188. The van der Waals surface area contributed by atoms with E-state index in [9.17, 15) is 13.2 Å². The minimum atomic E-state index is -3.53. The molecule has 2 unspecified atom stereocenters. The predicted octanol–water partition coefficient (Wildman–Crippen LogP) is 0.468. The van der Waals surface area contributed by atoms with Gasteiger partial charge in [0.15, 0.2) is 0 Å². The van der Waals surface area contributed by atoms with Crippen molar-refractivity contribution in [1.82, 2.24) is 13.5 Å². The van der Waals surface area contributed by atoms with Crippen molar-refractivity contribution in [2.45, 2.75) is 26.1 Å². The van der Waals surface area contributed by atoms with E-state index in [0.717, 1.165) is 0 Å². The van der Waals surface area contributed by atoms with Gasteiger partial charge in [0.1, 0.15) is 0 Å². The number of benzene rings is 1. The van der Waals surface area contributed by atoms with Crippen LogP contribution < -0.4 is 5.32 Å². The van der Waals surface area contributed by atoms with Gasteiger partial charge in [0.25, 0.3) is 10.2 Å². The van der Waals surface area contributed by atoms with Crippen molar-refractivity contribution in [1.29, 1.82) is 5.26 Å². The van der Waals surface area contributed by atoms with Gasteiger partial charge in [-0.2, -0.15) is 22.3 Å². The van der Waals surface area contributed by atoms with Crippen LogP contribution in [0.4, 0.5) is 5.69 Å². The van der Waals surface area contributed by atoms with E-state index >= 15 is 0 Å². The van der Waals surface area contributed by atoms with Crippen LogP contribution in [0.3, 0.4) is 0 Å². The maximum Gasteiger partial charge on any atom is 0.282 e. The second-order valence-electron chi connectivity index (χ2n) is 7.50. The second kappa shape index (κ2) is 9.19. The highest BCUT2D eigenvalue weighted by molar-refractivity contribution is 7.86. The molecular formula is C19H27N5O4S. The third kappa shape index (κ3) is 5.52. The lowest BCUT2D eigenvalue weighted by atomic mass is 10.2. The van der Waals surface area contributed by atoms with Crippen LogP contribution in [0, 0.1) is 11.3 Å². The largest absolute Gasteiger partial charge is 0.373 e. The summed E-state index contributed by atoms with van der Waals surface area (Å²) < 4.78 is 34.5. The summed E-state index contributed by atoms with van der Waals surface area (Å²) in [5.41, 5.74) is 1.05. The molecule has 9 nitrogen and oxygen atoms in total. The molecule has 0 bridgehead atoms. The average Bonchev–Trinajstić information content (AvgIpc) is 2.67. The first-order valence-electron chi connectivity index (χ1n) is 9.71. The first kappa shape index (κ1) is 21.7. The Bertz CT molecular complexity index is 867. The monoisotopic (exact) mass is 421 g/mol. The van der Waals surface area contributed by atoms with E-state index in [1.807, 2.05) is 24.8 Å². The lowest BCUT2D eigenvalue weighted by Gasteiger charge is -2.40. The average molecular weight is 422 g/mol. The number of nitriles is 1. The Morgan fingerprint density at radius 3 is 2.45 bits per heavy atom. The normalized spacial score (nSPS) is 24.7. The number of nitrogens with zero attached hydrogens (tertiary/aromatic N) is 4. The number of ether oxygens (including phenoxy) is 1. The number of piperazine rings is 1. The van der Waals surface area contributed by atoms with Crippen molar-refractivity contribution in [3.8, 4) is 6.07 Å². The zero-order chi connectivity index (χ0) is 21.0. The van der Waals surface area contributed by atoms with E-state index < -0.39 is 10.2 Å². The highest BCUT2D eigenvalue weighted by atomic mass is 32.2. The van der Waals surface area contributed by atoms with E-state index in [0.29, 0.717) is 50.5 Å². The molecule has 1 N–H and O–H groups in total. The fourth-order valence-electron chi connectivity index (χ4n) is 3.67. The number of carbonyl (C=O) groups excluding carboxylic acids is 1. The summed E-state index contributed by atoms with van der Waals surface area (Å²) >= 11 is 0. The SMILES string of the molecule is CC1CN(S(=O)(=O)N2CCN(CC(=O)Nc3cccc(C#N)c3)CC2)CC(C)O1. The Morgan fingerprint density at radius 1 is 1.17 bits per heavy atom. The zero-order valence-corrected chi connectivity index (χ0v) is 17.6. The van der Waals surface area contributed by atoms with Gasteiger partial charge < -0.3 is 10.1 Å². The van der Waals surface area contributed by atoms with Gasteiger partial charge in [-0.05, 0) is 32.0 Å². The number of hydrogen-bond acceptors (Lipinski definition) is 6. The molecule has 29 heavy (non-hydrogen) atoms. The van der Waals surface area contributed by atoms with Crippen molar-refractivity contribution >= 4 is 21.8 Å². The molecule has 3 rings (SSSR count). The first-order valence-corrected chi connectivity index (χ1v) is 11.1. The van der Waals surface area contributed by atoms with Crippen LogP contribution in [0.15, 0.2) is 24.3 Å². The van der Waals surface area contributed by atoms with Crippen LogP contribution in [0.2, 0.25) is 0 Å². The van der Waals surface area contributed by atoms with Gasteiger partial charge in [0.2, 0.25) is 5.91 Å². The molecule has 0 saturated carbocycles. The molecule has 0 radical (unpaired) electrons. The van der Waals surface area contributed by atoms with Crippen molar-refractivity contribution in [2.24, 2.45) is 0 Å². The third-order valence-electron chi connectivity index (χ3n) is 5.01. The number of hydrogen-bond donors (Lipinski definition) is 1. The third-order valence-corrected chi connectivity index (χ3v) is 6.98. The van der Waals surface area contributed by atoms with Crippen molar-refractivity contribution in [3.63, 3.8) is 0 Å². The molecule has 158 valence electrons. The molecule has 2 aliphatic heterocycles. The molecule has 0 aliphatic carbocycles. The molecule has 1 amide bonds. The minimum absolute atomic E-state index is 0.127. The molecule has 2 saturated heterocycles. The molecule has 1 aromatic carbocycles. The van der Waals surface area contributed by atoms with Gasteiger partial charge in [-0.1, -0.05) is 6.07 Å². The number of morpholine rings is 1. The Kier molecular flexibility index (Phi) is 6.87. The van der Waals surface area contributed by atoms with Crippen LogP contribution in [-0.4, -0.2) is 85.9 Å². The number of carbonyl (C=O) groups is 1. The Balaban J connectivity index is 1.51. The lowest BCUT2D eigenvalue weighted by molar-refractivity contribution is -0.117. The molecule has 10 heteroatoms. The molecule has 0 aromatic heterocycles. The van der Waals surface area contributed by atoms with Gasteiger partial charge in [-0.3, -0.25) is 9.69 Å². The second-order valence-corrected chi connectivity index (χ2v) is 9.43. The Hall–Kier alpha value is -2.03. The smallest absolute Gasteiger partial charge is 0.282 e. The maximum atomic E-state index is 12.9. The van der Waals surface area contributed by atoms with E-state index in [-0.39, 0.29) is 24.7 Å². The number of nitrogens with one attached hydrogen (secondary N) is 1. The Labute approximate surface area is 172 Å². The summed E-state index contributed by atoms with van der Waals surface area (Å²) in [4.78, 5) is 14.2. The highest BCUT2D eigenvalue weighted by Gasteiger charge is 2.36. The van der Waals surface area contributed by atoms with Crippen LogP contribution in [-0.2, 0) is 19.7 Å². The fourth-order valence-corrected chi connectivity index (χ4v) is 5.42. The Morgan fingerprint density at radius 2 is 1.83 bits per heavy atom.